The molecule has 0 aliphatic heterocycles. The van der Waals surface area contributed by atoms with Crippen LogP contribution < -0.4 is 5.11 Å². The first-order chi connectivity index (χ1) is 4.86. The van der Waals surface area contributed by atoms with E-state index >= 15 is 0 Å². The Morgan fingerprint density at radius 3 is 1.55 bits per heavy atom. The Balaban J connectivity index is 0. The summed E-state index contributed by atoms with van der Waals surface area (Å²) in [4.78, 5) is 9.62. The molecule has 0 saturated heterocycles. The van der Waals surface area contributed by atoms with Gasteiger partial charge in [0.1, 0.15) is 0 Å². The maximum Gasteiger partial charge on any atom is 0.304 e. The van der Waals surface area contributed by atoms with Crippen LogP contribution in [-0.4, -0.2) is 14.8 Å². The minimum atomic E-state index is -1.12. The van der Waals surface area contributed by atoms with Gasteiger partial charge in [-0.3, -0.25) is 0 Å². The summed E-state index contributed by atoms with van der Waals surface area (Å²) in [5.74, 6) is -1.12. The van der Waals surface area contributed by atoms with E-state index in [-0.39, 0.29) is 8.80 Å². The van der Waals surface area contributed by atoms with E-state index in [0.29, 0.717) is 0 Å². The van der Waals surface area contributed by atoms with E-state index in [1.165, 1.54) is 0 Å². The van der Waals surface area contributed by atoms with Gasteiger partial charge in [0.05, 0.1) is 25.6 Å². The third kappa shape index (κ3) is 44.3. The van der Waals surface area contributed by atoms with Gasteiger partial charge in [-0.1, -0.05) is 5.57 Å². The van der Waals surface area contributed by atoms with Crippen LogP contribution in [0.25, 0.3) is 0 Å². The molecule has 0 aliphatic carbocycles. The number of rotatable bonds is 1. The second kappa shape index (κ2) is 7.53. The van der Waals surface area contributed by atoms with Crippen molar-refractivity contribution in [3.8, 4) is 0 Å². The van der Waals surface area contributed by atoms with E-state index in [1.807, 2.05) is 0 Å². The van der Waals surface area contributed by atoms with Crippen molar-refractivity contribution in [1.82, 2.24) is 0 Å². The lowest BCUT2D eigenvalue weighted by atomic mass is 10.3. The maximum atomic E-state index is 9.62. The van der Waals surface area contributed by atoms with Gasteiger partial charge in [-0.25, -0.2) is 0 Å². The Morgan fingerprint density at radius 2 is 1.55 bits per heavy atom. The molecule has 0 radical (unpaired) electrons. The zero-order valence-corrected chi connectivity index (χ0v) is 8.89. The molecule has 0 aliphatic rings. The Morgan fingerprint density at radius 1 is 1.27 bits per heavy atom. The third-order valence-electron chi connectivity index (χ3n) is 0.407. The monoisotopic (exact) mass is 172 g/mol. The number of allylic oxidation sites excluding steroid dienone is 1. The van der Waals surface area contributed by atoms with Crippen molar-refractivity contribution in [2.24, 2.45) is 0 Å². The predicted octanol–water partition coefficient (Wildman–Crippen LogP) is 1.07. The highest BCUT2D eigenvalue weighted by molar-refractivity contribution is 6.54. The maximum absolute atomic E-state index is 9.62. The smallest absolute Gasteiger partial charge is 0.304 e. The van der Waals surface area contributed by atoms with E-state index in [1.54, 1.807) is 13.8 Å². The summed E-state index contributed by atoms with van der Waals surface area (Å²) in [5, 5.41) is 9.62. The number of hydrogen-bond donors (Lipinski definition) is 0. The van der Waals surface area contributed by atoms with Crippen molar-refractivity contribution in [1.29, 1.82) is 0 Å². The van der Waals surface area contributed by atoms with Gasteiger partial charge in [-0.15, -0.1) is 0 Å². The fourth-order valence-electron chi connectivity index (χ4n) is 0.236. The summed E-state index contributed by atoms with van der Waals surface area (Å²) in [6.45, 7) is 10.2. The molecule has 0 spiro atoms. The van der Waals surface area contributed by atoms with Crippen molar-refractivity contribution >= 4 is 14.8 Å². The van der Waals surface area contributed by atoms with Crippen LogP contribution in [-0.2, 0) is 4.79 Å². The van der Waals surface area contributed by atoms with Crippen molar-refractivity contribution < 1.29 is 9.90 Å². The average Bonchev–Trinajstić information content (AvgIpc) is 1.56. The molecule has 0 heterocycles. The summed E-state index contributed by atoms with van der Waals surface area (Å²) in [7, 11) is 0.120. The van der Waals surface area contributed by atoms with Gasteiger partial charge in [0.2, 0.25) is 0 Å². The summed E-state index contributed by atoms with van der Waals surface area (Å²) < 4.78 is 0. The number of aliphatic carboxylic acids is 1. The van der Waals surface area contributed by atoms with Crippen LogP contribution in [0.2, 0.25) is 19.6 Å². The van der Waals surface area contributed by atoms with E-state index in [2.05, 4.69) is 19.6 Å². The van der Waals surface area contributed by atoms with Crippen LogP contribution in [0.1, 0.15) is 13.8 Å². The summed E-state index contributed by atoms with van der Waals surface area (Å²) in [6.07, 6.45) is 1.06. The van der Waals surface area contributed by atoms with Gasteiger partial charge in [0.15, 0.2) is 0 Å². The summed E-state index contributed by atoms with van der Waals surface area (Å²) >= 11 is 0. The zero-order valence-electron chi connectivity index (χ0n) is 7.89. The molecule has 0 amide bonds. The molecular formula is C8H16O2Si. The Kier molecular flexibility index (Phi) is 8.94. The minimum absolute atomic E-state index is 0.120. The van der Waals surface area contributed by atoms with Gasteiger partial charge in [0.25, 0.3) is 0 Å². The molecule has 0 rings (SSSR count). The van der Waals surface area contributed by atoms with E-state index in [9.17, 15) is 9.90 Å². The fourth-order valence-corrected chi connectivity index (χ4v) is 0.236. The number of carboxylic acid groups (broad SMARTS) is 1. The standard InChI is InChI=1S/C5H8O2.C3H9Si/c1-4(2)3-5(6)7;1-4(2)3/h3H,1-2H3,(H,6,7);1-3H3/q;+1/p-1. The van der Waals surface area contributed by atoms with Gasteiger partial charge in [0, 0.05) is 0 Å². The van der Waals surface area contributed by atoms with Crippen LogP contribution in [0.15, 0.2) is 11.6 Å². The number of carbonyl (C=O) groups is 1. The van der Waals surface area contributed by atoms with E-state index in [0.717, 1.165) is 11.6 Å². The highest BCUT2D eigenvalue weighted by atomic mass is 28.3. The Bertz CT molecular complexity index is 132. The zero-order chi connectivity index (χ0) is 9.44. The molecule has 0 fully saturated rings. The largest absolute Gasteiger partial charge is 0.545 e. The molecular weight excluding hydrogens is 156 g/mol. The molecule has 0 aromatic carbocycles. The first-order valence-corrected chi connectivity index (χ1v) is 6.49. The first kappa shape index (κ1) is 13.0. The number of carboxylic acids is 1. The van der Waals surface area contributed by atoms with Crippen LogP contribution in [0.4, 0.5) is 0 Å². The molecule has 0 N–H and O–H groups in total. The second-order valence-corrected chi connectivity index (χ2v) is 6.04. The quantitative estimate of drug-likeness (QED) is 0.438. The van der Waals surface area contributed by atoms with Crippen molar-refractivity contribution in [3.63, 3.8) is 0 Å². The highest BCUT2D eigenvalue weighted by Gasteiger charge is 1.92. The Hall–Kier alpha value is -0.573. The van der Waals surface area contributed by atoms with Crippen molar-refractivity contribution in [2.45, 2.75) is 33.5 Å². The highest BCUT2D eigenvalue weighted by Crippen LogP contribution is 1.83. The normalized spacial score (nSPS) is 7.36. The molecule has 11 heavy (non-hydrogen) atoms. The summed E-state index contributed by atoms with van der Waals surface area (Å²) in [5.41, 5.74) is 0.750. The van der Waals surface area contributed by atoms with Crippen LogP contribution in [0, 0.1) is 0 Å². The fraction of sp³-hybridized carbons (Fsp3) is 0.625. The summed E-state index contributed by atoms with van der Waals surface area (Å²) in [6, 6.07) is 0. The molecule has 0 bridgehead atoms. The third-order valence-corrected chi connectivity index (χ3v) is 0.407. The molecule has 0 saturated carbocycles. The van der Waals surface area contributed by atoms with Crippen LogP contribution >= 0.6 is 0 Å². The molecule has 64 valence electrons. The molecule has 2 nitrogen and oxygen atoms in total. The van der Waals surface area contributed by atoms with Gasteiger partial charge < -0.3 is 9.90 Å². The molecule has 0 aromatic heterocycles. The van der Waals surface area contributed by atoms with Crippen molar-refractivity contribution in [3.05, 3.63) is 11.6 Å². The van der Waals surface area contributed by atoms with Crippen LogP contribution in [0.3, 0.4) is 0 Å². The number of hydrogen-bond acceptors (Lipinski definition) is 2. The molecule has 0 atom stereocenters. The lowest BCUT2D eigenvalue weighted by Gasteiger charge is -1.89. The van der Waals surface area contributed by atoms with Crippen molar-refractivity contribution in [2.75, 3.05) is 0 Å². The lowest BCUT2D eigenvalue weighted by molar-refractivity contribution is -0.297. The minimum Gasteiger partial charge on any atom is -0.545 e. The lowest BCUT2D eigenvalue weighted by Crippen LogP contribution is -2.19. The molecule has 0 aromatic rings. The SMILES string of the molecule is CC(C)=CC(=O)[O-].C[Si+](C)C. The predicted molar refractivity (Wildman–Crippen MR) is 47.8 cm³/mol. The van der Waals surface area contributed by atoms with Crippen LogP contribution in [0.5, 0.6) is 0 Å². The van der Waals surface area contributed by atoms with E-state index < -0.39 is 5.97 Å². The van der Waals surface area contributed by atoms with E-state index in [4.69, 9.17) is 0 Å². The second-order valence-electron chi connectivity index (χ2n) is 3.04. The Labute approximate surface area is 70.5 Å². The van der Waals surface area contributed by atoms with Gasteiger partial charge in [-0.05, 0) is 19.9 Å². The average molecular weight is 172 g/mol. The molecule has 0 unspecified atom stereocenters. The van der Waals surface area contributed by atoms with Gasteiger partial charge in [-0.2, -0.15) is 0 Å². The molecule has 3 heteroatoms. The van der Waals surface area contributed by atoms with Gasteiger partial charge >= 0.3 is 8.80 Å². The number of carbonyl (C=O) groups excluding carboxylic acids is 1. The first-order valence-electron chi connectivity index (χ1n) is 3.49. The topological polar surface area (TPSA) is 40.1 Å².